The molecule has 1 aromatic rings. The highest BCUT2D eigenvalue weighted by Crippen LogP contribution is 2.23. The van der Waals surface area contributed by atoms with E-state index in [0.29, 0.717) is 18.1 Å². The van der Waals surface area contributed by atoms with Gasteiger partial charge in [-0.05, 0) is 45.4 Å². The molecule has 0 aromatic heterocycles. The summed E-state index contributed by atoms with van der Waals surface area (Å²) in [7, 11) is 0. The van der Waals surface area contributed by atoms with Crippen LogP contribution in [0.4, 0.5) is 4.79 Å². The number of phenols is 1. The Labute approximate surface area is 130 Å². The van der Waals surface area contributed by atoms with Crippen molar-refractivity contribution in [3.8, 4) is 5.75 Å². The number of aromatic hydroxyl groups is 1. The second-order valence-corrected chi connectivity index (χ2v) is 6.36. The predicted octanol–water partition coefficient (Wildman–Crippen LogP) is 3.05. The van der Waals surface area contributed by atoms with Crippen LogP contribution in [0, 0.1) is 0 Å². The first kappa shape index (κ1) is 17.6. The molecule has 0 radical (unpaired) electrons. The van der Waals surface area contributed by atoms with Gasteiger partial charge in [-0.3, -0.25) is 0 Å². The van der Waals surface area contributed by atoms with Crippen LogP contribution in [0.5, 0.6) is 5.75 Å². The highest BCUT2D eigenvalue weighted by molar-refractivity contribution is 6.32. The lowest BCUT2D eigenvalue weighted by Gasteiger charge is -2.21. The first-order chi connectivity index (χ1) is 9.67. The van der Waals surface area contributed by atoms with E-state index in [4.69, 9.17) is 16.3 Å². The quantitative estimate of drug-likeness (QED) is 0.781. The van der Waals surface area contributed by atoms with Crippen LogP contribution in [-0.2, 0) is 11.3 Å². The van der Waals surface area contributed by atoms with Crippen molar-refractivity contribution < 1.29 is 14.6 Å². The molecule has 0 heterocycles. The van der Waals surface area contributed by atoms with Gasteiger partial charge in [0.2, 0.25) is 0 Å². The maximum Gasteiger partial charge on any atom is 0.407 e. The highest BCUT2D eigenvalue weighted by Gasteiger charge is 2.16. The number of carbonyl (C=O) groups is 1. The van der Waals surface area contributed by atoms with Crippen molar-refractivity contribution in [2.45, 2.75) is 45.9 Å². The zero-order chi connectivity index (χ0) is 16.0. The summed E-state index contributed by atoms with van der Waals surface area (Å²) < 4.78 is 5.16. The van der Waals surface area contributed by atoms with Crippen molar-refractivity contribution in [2.24, 2.45) is 0 Å². The molecule has 1 amide bonds. The Kier molecular flexibility index (Phi) is 6.30. The lowest BCUT2D eigenvalue weighted by atomic mass is 10.2. The van der Waals surface area contributed by atoms with Crippen LogP contribution >= 0.6 is 11.6 Å². The molecule has 0 saturated carbocycles. The maximum absolute atomic E-state index is 11.5. The minimum Gasteiger partial charge on any atom is -0.506 e. The molecule has 21 heavy (non-hydrogen) atoms. The zero-order valence-electron chi connectivity index (χ0n) is 12.9. The molecule has 1 unspecified atom stereocenters. The van der Waals surface area contributed by atoms with Crippen LogP contribution in [0.3, 0.4) is 0 Å². The molecule has 0 saturated heterocycles. The van der Waals surface area contributed by atoms with Gasteiger partial charge in [0, 0.05) is 19.1 Å². The van der Waals surface area contributed by atoms with Gasteiger partial charge in [-0.25, -0.2) is 4.79 Å². The van der Waals surface area contributed by atoms with E-state index in [1.165, 1.54) is 0 Å². The molecule has 0 spiro atoms. The lowest BCUT2D eigenvalue weighted by molar-refractivity contribution is 0.0523. The van der Waals surface area contributed by atoms with Crippen molar-refractivity contribution in [3.63, 3.8) is 0 Å². The van der Waals surface area contributed by atoms with E-state index < -0.39 is 11.7 Å². The molecule has 0 aliphatic rings. The molecule has 3 N–H and O–H groups in total. The third-order valence-corrected chi connectivity index (χ3v) is 2.92. The minimum absolute atomic E-state index is 0.0695. The fraction of sp³-hybridized carbons (Fsp3) is 0.533. The molecule has 118 valence electrons. The average Bonchev–Trinajstić information content (AvgIpc) is 2.36. The van der Waals surface area contributed by atoms with Crippen LogP contribution in [0.1, 0.15) is 33.3 Å². The number of rotatable bonds is 5. The van der Waals surface area contributed by atoms with E-state index in [9.17, 15) is 9.90 Å². The van der Waals surface area contributed by atoms with Gasteiger partial charge in [0.1, 0.15) is 11.4 Å². The Balaban J connectivity index is 2.32. The first-order valence-corrected chi connectivity index (χ1v) is 7.23. The number of amides is 1. The van der Waals surface area contributed by atoms with E-state index >= 15 is 0 Å². The Morgan fingerprint density at radius 3 is 2.67 bits per heavy atom. The Bertz CT molecular complexity index is 486. The van der Waals surface area contributed by atoms with E-state index in [1.54, 1.807) is 18.2 Å². The number of carbonyl (C=O) groups excluding carboxylic acids is 1. The summed E-state index contributed by atoms with van der Waals surface area (Å²) in [5, 5.41) is 15.6. The fourth-order valence-corrected chi connectivity index (χ4v) is 1.78. The number of hydrogen-bond donors (Lipinski definition) is 3. The van der Waals surface area contributed by atoms with Crippen molar-refractivity contribution in [1.29, 1.82) is 0 Å². The van der Waals surface area contributed by atoms with Crippen molar-refractivity contribution >= 4 is 17.7 Å². The molecular formula is C15H23ClN2O3. The number of hydrogen-bond acceptors (Lipinski definition) is 4. The molecular weight excluding hydrogens is 292 g/mol. The summed E-state index contributed by atoms with van der Waals surface area (Å²) in [6.45, 7) is 8.48. The van der Waals surface area contributed by atoms with E-state index in [1.807, 2.05) is 27.7 Å². The van der Waals surface area contributed by atoms with Crippen LogP contribution in [0.25, 0.3) is 0 Å². The molecule has 0 bridgehead atoms. The summed E-state index contributed by atoms with van der Waals surface area (Å²) in [4.78, 5) is 11.5. The minimum atomic E-state index is -0.496. The van der Waals surface area contributed by atoms with Crippen molar-refractivity contribution in [3.05, 3.63) is 28.8 Å². The van der Waals surface area contributed by atoms with Gasteiger partial charge in [0.05, 0.1) is 5.02 Å². The third-order valence-electron chi connectivity index (χ3n) is 2.62. The maximum atomic E-state index is 11.5. The Morgan fingerprint density at radius 2 is 2.10 bits per heavy atom. The van der Waals surface area contributed by atoms with Crippen LogP contribution < -0.4 is 10.6 Å². The van der Waals surface area contributed by atoms with Gasteiger partial charge in [-0.1, -0.05) is 17.7 Å². The average molecular weight is 315 g/mol. The van der Waals surface area contributed by atoms with Gasteiger partial charge in [-0.15, -0.1) is 0 Å². The number of phenolic OH excluding ortho intramolecular Hbond substituents is 1. The largest absolute Gasteiger partial charge is 0.506 e. The SMILES string of the molecule is CC(CNC(=O)OC(C)(C)C)NCc1ccc(O)c(Cl)c1. The molecule has 6 heteroatoms. The fourth-order valence-electron chi connectivity index (χ4n) is 1.58. The molecule has 0 fully saturated rings. The molecule has 0 aliphatic carbocycles. The summed E-state index contributed by atoms with van der Waals surface area (Å²) in [6, 6.07) is 5.13. The lowest BCUT2D eigenvalue weighted by Crippen LogP contribution is -2.40. The monoisotopic (exact) mass is 314 g/mol. The second-order valence-electron chi connectivity index (χ2n) is 5.95. The van der Waals surface area contributed by atoms with Crippen LogP contribution in [0.15, 0.2) is 18.2 Å². The van der Waals surface area contributed by atoms with Gasteiger partial charge in [0.25, 0.3) is 0 Å². The van der Waals surface area contributed by atoms with Crippen molar-refractivity contribution in [1.82, 2.24) is 10.6 Å². The van der Waals surface area contributed by atoms with Crippen LogP contribution in [0.2, 0.25) is 5.02 Å². The number of alkyl carbamates (subject to hydrolysis) is 1. The summed E-state index contributed by atoms with van der Waals surface area (Å²) in [5.74, 6) is 0.0695. The number of ether oxygens (including phenoxy) is 1. The summed E-state index contributed by atoms with van der Waals surface area (Å²) in [5.41, 5.74) is 0.464. The van der Waals surface area contributed by atoms with E-state index in [2.05, 4.69) is 10.6 Å². The molecule has 1 rings (SSSR count). The van der Waals surface area contributed by atoms with E-state index in [-0.39, 0.29) is 11.8 Å². The summed E-state index contributed by atoms with van der Waals surface area (Å²) in [6.07, 6.45) is -0.427. The Hall–Kier alpha value is -1.46. The molecule has 5 nitrogen and oxygen atoms in total. The highest BCUT2D eigenvalue weighted by atomic mass is 35.5. The normalized spacial score (nSPS) is 12.8. The Morgan fingerprint density at radius 1 is 1.43 bits per heavy atom. The predicted molar refractivity (Wildman–Crippen MR) is 83.7 cm³/mol. The topological polar surface area (TPSA) is 70.6 Å². The van der Waals surface area contributed by atoms with E-state index in [0.717, 1.165) is 5.56 Å². The standard InChI is InChI=1S/C15H23ClN2O3/c1-10(8-18-14(20)21-15(2,3)4)17-9-11-5-6-13(19)12(16)7-11/h5-7,10,17,19H,8-9H2,1-4H3,(H,18,20). The molecule has 1 aromatic carbocycles. The number of nitrogens with one attached hydrogen (secondary N) is 2. The number of halogens is 1. The third kappa shape index (κ3) is 7.20. The number of benzene rings is 1. The van der Waals surface area contributed by atoms with Gasteiger partial charge in [0.15, 0.2) is 0 Å². The smallest absolute Gasteiger partial charge is 0.407 e. The molecule has 1 atom stereocenters. The second kappa shape index (κ2) is 7.52. The molecule has 0 aliphatic heterocycles. The first-order valence-electron chi connectivity index (χ1n) is 6.85. The summed E-state index contributed by atoms with van der Waals surface area (Å²) >= 11 is 5.84. The van der Waals surface area contributed by atoms with Crippen molar-refractivity contribution in [2.75, 3.05) is 6.54 Å². The van der Waals surface area contributed by atoms with Crippen LogP contribution in [-0.4, -0.2) is 29.4 Å². The van der Waals surface area contributed by atoms with Gasteiger partial charge >= 0.3 is 6.09 Å². The van der Waals surface area contributed by atoms with Gasteiger partial charge < -0.3 is 20.5 Å². The zero-order valence-corrected chi connectivity index (χ0v) is 13.6. The van der Waals surface area contributed by atoms with Gasteiger partial charge in [-0.2, -0.15) is 0 Å².